The molecule has 1 aromatic carbocycles. The summed E-state index contributed by atoms with van der Waals surface area (Å²) in [5.41, 5.74) is 0.958. The van der Waals surface area contributed by atoms with Gasteiger partial charge in [-0.15, -0.1) is 0 Å². The summed E-state index contributed by atoms with van der Waals surface area (Å²) in [4.78, 5) is 9.42. The molecule has 26 heavy (non-hydrogen) atoms. The summed E-state index contributed by atoms with van der Waals surface area (Å²) in [5.74, 6) is 2.01. The molecule has 1 atom stereocenters. The van der Waals surface area contributed by atoms with Crippen molar-refractivity contribution in [3.05, 3.63) is 36.1 Å². The molecule has 6 nitrogen and oxygen atoms in total. The van der Waals surface area contributed by atoms with Gasteiger partial charge in [0, 0.05) is 57.6 Å². The number of ether oxygens (including phenoxy) is 1. The van der Waals surface area contributed by atoms with Crippen molar-refractivity contribution >= 4 is 16.9 Å². The summed E-state index contributed by atoms with van der Waals surface area (Å²) in [7, 11) is 1.87. The minimum atomic E-state index is 0.618. The number of furan rings is 1. The van der Waals surface area contributed by atoms with Crippen LogP contribution in [-0.2, 0) is 11.2 Å². The highest BCUT2D eigenvalue weighted by molar-refractivity contribution is 5.80. The number of morpholine rings is 1. The van der Waals surface area contributed by atoms with Crippen LogP contribution in [0.3, 0.4) is 0 Å². The number of likely N-dealkylation sites (tertiary alicyclic amines) is 1. The molecular formula is C20H28N4O2. The van der Waals surface area contributed by atoms with Crippen LogP contribution in [0.4, 0.5) is 0 Å². The molecule has 0 spiro atoms. The molecule has 1 aromatic heterocycles. The van der Waals surface area contributed by atoms with Crippen LogP contribution in [0.15, 0.2) is 39.7 Å². The minimum Gasteiger partial charge on any atom is -0.461 e. The lowest BCUT2D eigenvalue weighted by Crippen LogP contribution is -2.46. The van der Waals surface area contributed by atoms with Crippen LogP contribution in [0, 0.1) is 0 Å². The van der Waals surface area contributed by atoms with Crippen molar-refractivity contribution in [2.24, 2.45) is 4.99 Å². The van der Waals surface area contributed by atoms with Gasteiger partial charge in [0.2, 0.25) is 0 Å². The van der Waals surface area contributed by atoms with Crippen LogP contribution in [0.2, 0.25) is 0 Å². The second-order valence-electron chi connectivity index (χ2n) is 7.01. The SMILES string of the molecule is CN=C(NCCc1cc2ccccc2o1)N1CCC(N2CCOCC2)C1. The van der Waals surface area contributed by atoms with E-state index < -0.39 is 0 Å². The number of rotatable bonds is 4. The number of benzene rings is 1. The third-order valence-electron chi connectivity index (χ3n) is 5.37. The Hall–Kier alpha value is -2.05. The number of hydrogen-bond donors (Lipinski definition) is 1. The number of aliphatic imine (C=N–C) groups is 1. The quantitative estimate of drug-likeness (QED) is 0.670. The lowest BCUT2D eigenvalue weighted by Gasteiger charge is -2.32. The van der Waals surface area contributed by atoms with E-state index in [1.54, 1.807) is 0 Å². The topological polar surface area (TPSA) is 53.2 Å². The Balaban J connectivity index is 1.28. The molecule has 2 saturated heterocycles. The molecule has 0 radical (unpaired) electrons. The Kier molecular flexibility index (Phi) is 5.41. The van der Waals surface area contributed by atoms with E-state index in [9.17, 15) is 0 Å². The Labute approximate surface area is 154 Å². The molecule has 0 amide bonds. The normalized spacial score (nSPS) is 22.3. The van der Waals surface area contributed by atoms with Crippen LogP contribution >= 0.6 is 0 Å². The molecule has 1 unspecified atom stereocenters. The first-order valence-corrected chi connectivity index (χ1v) is 9.58. The fraction of sp³-hybridized carbons (Fsp3) is 0.550. The Morgan fingerprint density at radius 2 is 2.08 bits per heavy atom. The smallest absolute Gasteiger partial charge is 0.193 e. The maximum absolute atomic E-state index is 5.89. The first kappa shape index (κ1) is 17.4. The average Bonchev–Trinajstić information content (AvgIpc) is 3.33. The second-order valence-corrected chi connectivity index (χ2v) is 7.01. The summed E-state index contributed by atoms with van der Waals surface area (Å²) in [6, 6.07) is 10.9. The summed E-state index contributed by atoms with van der Waals surface area (Å²) >= 11 is 0. The van der Waals surface area contributed by atoms with Crippen LogP contribution < -0.4 is 5.32 Å². The van der Waals surface area contributed by atoms with Gasteiger partial charge in [-0.05, 0) is 18.6 Å². The molecule has 0 bridgehead atoms. The van der Waals surface area contributed by atoms with Gasteiger partial charge in [0.25, 0.3) is 0 Å². The Bertz CT molecular complexity index is 718. The van der Waals surface area contributed by atoms with Crippen LogP contribution in [0.1, 0.15) is 12.2 Å². The van der Waals surface area contributed by atoms with Gasteiger partial charge in [-0.1, -0.05) is 18.2 Å². The van der Waals surface area contributed by atoms with Gasteiger partial charge in [-0.2, -0.15) is 0 Å². The fourth-order valence-electron chi connectivity index (χ4n) is 3.96. The van der Waals surface area contributed by atoms with E-state index in [2.05, 4.69) is 32.2 Å². The van der Waals surface area contributed by atoms with Gasteiger partial charge in [-0.25, -0.2) is 0 Å². The van der Waals surface area contributed by atoms with Crippen molar-refractivity contribution < 1.29 is 9.15 Å². The standard InChI is InChI=1S/C20H28N4O2/c1-21-20(24-9-7-17(15-24)23-10-12-25-13-11-23)22-8-6-18-14-16-4-2-3-5-19(16)26-18/h2-5,14,17H,6-13,15H2,1H3,(H,21,22). The number of hydrogen-bond acceptors (Lipinski definition) is 4. The lowest BCUT2D eigenvalue weighted by molar-refractivity contribution is 0.0195. The third kappa shape index (κ3) is 3.86. The van der Waals surface area contributed by atoms with Crippen molar-refractivity contribution in [3.63, 3.8) is 0 Å². The third-order valence-corrected chi connectivity index (χ3v) is 5.37. The van der Waals surface area contributed by atoms with Crippen LogP contribution in [0.5, 0.6) is 0 Å². The summed E-state index contributed by atoms with van der Waals surface area (Å²) < 4.78 is 11.4. The number of para-hydroxylation sites is 1. The highest BCUT2D eigenvalue weighted by Crippen LogP contribution is 2.19. The van der Waals surface area contributed by atoms with E-state index >= 15 is 0 Å². The maximum atomic E-state index is 5.89. The monoisotopic (exact) mass is 356 g/mol. The lowest BCUT2D eigenvalue weighted by atomic mass is 10.2. The Morgan fingerprint density at radius 3 is 2.88 bits per heavy atom. The highest BCUT2D eigenvalue weighted by Gasteiger charge is 2.30. The molecule has 2 aliphatic rings. The summed E-state index contributed by atoms with van der Waals surface area (Å²) in [6.07, 6.45) is 2.05. The zero-order valence-electron chi connectivity index (χ0n) is 15.5. The van der Waals surface area contributed by atoms with Crippen molar-refractivity contribution in [1.82, 2.24) is 15.1 Å². The van der Waals surface area contributed by atoms with E-state index in [1.807, 2.05) is 25.2 Å². The summed E-state index contributed by atoms with van der Waals surface area (Å²) in [5, 5.41) is 4.67. The van der Waals surface area contributed by atoms with E-state index in [1.165, 1.54) is 11.8 Å². The fourth-order valence-corrected chi connectivity index (χ4v) is 3.96. The van der Waals surface area contributed by atoms with Gasteiger partial charge in [-0.3, -0.25) is 9.89 Å². The molecule has 140 valence electrons. The van der Waals surface area contributed by atoms with Gasteiger partial charge in [0.1, 0.15) is 11.3 Å². The van der Waals surface area contributed by atoms with E-state index in [0.29, 0.717) is 6.04 Å². The molecule has 4 rings (SSSR count). The van der Waals surface area contributed by atoms with E-state index in [-0.39, 0.29) is 0 Å². The van der Waals surface area contributed by atoms with Gasteiger partial charge < -0.3 is 19.4 Å². The van der Waals surface area contributed by atoms with Crippen LogP contribution in [-0.4, -0.2) is 74.8 Å². The molecule has 2 fully saturated rings. The van der Waals surface area contributed by atoms with E-state index in [4.69, 9.17) is 9.15 Å². The van der Waals surface area contributed by atoms with Crippen molar-refractivity contribution in [2.75, 3.05) is 53.0 Å². The number of nitrogens with zero attached hydrogens (tertiary/aromatic N) is 3. The molecular weight excluding hydrogens is 328 g/mol. The largest absolute Gasteiger partial charge is 0.461 e. The zero-order valence-corrected chi connectivity index (χ0v) is 15.5. The predicted molar refractivity (Wildman–Crippen MR) is 104 cm³/mol. The van der Waals surface area contributed by atoms with Crippen molar-refractivity contribution in [3.8, 4) is 0 Å². The van der Waals surface area contributed by atoms with Crippen molar-refractivity contribution in [1.29, 1.82) is 0 Å². The average molecular weight is 356 g/mol. The maximum Gasteiger partial charge on any atom is 0.193 e. The molecule has 6 heteroatoms. The molecule has 1 N–H and O–H groups in total. The predicted octanol–water partition coefficient (Wildman–Crippen LogP) is 1.96. The molecule has 0 saturated carbocycles. The van der Waals surface area contributed by atoms with Gasteiger partial charge in [0.05, 0.1) is 13.2 Å². The first-order valence-electron chi connectivity index (χ1n) is 9.58. The summed E-state index contributed by atoms with van der Waals surface area (Å²) in [6.45, 7) is 6.76. The zero-order chi connectivity index (χ0) is 17.8. The number of fused-ring (bicyclic) bond motifs is 1. The van der Waals surface area contributed by atoms with Crippen molar-refractivity contribution in [2.45, 2.75) is 18.9 Å². The number of nitrogens with one attached hydrogen (secondary N) is 1. The molecule has 2 aliphatic heterocycles. The molecule has 3 heterocycles. The second kappa shape index (κ2) is 8.10. The Morgan fingerprint density at radius 1 is 1.23 bits per heavy atom. The van der Waals surface area contributed by atoms with Crippen LogP contribution in [0.25, 0.3) is 11.0 Å². The highest BCUT2D eigenvalue weighted by atomic mass is 16.5. The van der Waals surface area contributed by atoms with Gasteiger partial charge >= 0.3 is 0 Å². The number of guanidine groups is 1. The molecule has 2 aromatic rings. The molecule has 0 aliphatic carbocycles. The van der Waals surface area contributed by atoms with E-state index in [0.717, 1.165) is 69.7 Å². The van der Waals surface area contributed by atoms with Gasteiger partial charge in [0.15, 0.2) is 5.96 Å². The minimum absolute atomic E-state index is 0.618. The first-order chi connectivity index (χ1) is 12.8.